The number of rotatable bonds is 7. The molecule has 1 aromatic rings. The average Bonchev–Trinajstić information content (AvgIpc) is 2.90. The van der Waals surface area contributed by atoms with Gasteiger partial charge in [0, 0.05) is 30.6 Å². The van der Waals surface area contributed by atoms with E-state index in [1.54, 1.807) is 25.1 Å². The van der Waals surface area contributed by atoms with Crippen LogP contribution in [0.3, 0.4) is 0 Å². The predicted octanol–water partition coefficient (Wildman–Crippen LogP) is 2.62. The van der Waals surface area contributed by atoms with Gasteiger partial charge in [-0.1, -0.05) is 0 Å². The van der Waals surface area contributed by atoms with Crippen LogP contribution in [-0.4, -0.2) is 44.1 Å². The van der Waals surface area contributed by atoms with Gasteiger partial charge in [-0.25, -0.2) is 0 Å². The van der Waals surface area contributed by atoms with Crippen LogP contribution in [0.15, 0.2) is 30.4 Å². The molecule has 0 aromatic heterocycles. The molecule has 0 radical (unpaired) electrons. The van der Waals surface area contributed by atoms with Crippen molar-refractivity contribution in [1.82, 2.24) is 4.90 Å². The molecule has 2 unspecified atom stereocenters. The second kappa shape index (κ2) is 8.64. The number of benzene rings is 1. The molecule has 2 atom stereocenters. The van der Waals surface area contributed by atoms with Gasteiger partial charge in [0.1, 0.15) is 17.4 Å². The first kappa shape index (κ1) is 19.7. The number of hydrogen-bond donors (Lipinski definition) is 0. The molecule has 0 bridgehead atoms. The zero-order chi connectivity index (χ0) is 19.3. The Morgan fingerprint density at radius 1 is 1.31 bits per heavy atom. The van der Waals surface area contributed by atoms with Gasteiger partial charge >= 0.3 is 5.97 Å². The lowest BCUT2D eigenvalue weighted by atomic mass is 9.96. The maximum Gasteiger partial charge on any atom is 0.319 e. The van der Waals surface area contributed by atoms with E-state index >= 15 is 0 Å². The highest BCUT2D eigenvalue weighted by Gasteiger charge is 2.45. The topological polar surface area (TPSA) is 65.1 Å². The van der Waals surface area contributed by atoms with Crippen molar-refractivity contribution in [3.63, 3.8) is 0 Å². The lowest BCUT2D eigenvalue weighted by Crippen LogP contribution is -2.31. The Bertz CT molecular complexity index is 703. The molecule has 26 heavy (non-hydrogen) atoms. The maximum atomic E-state index is 12.7. The van der Waals surface area contributed by atoms with E-state index in [1.165, 1.54) is 19.1 Å². The summed E-state index contributed by atoms with van der Waals surface area (Å²) < 4.78 is 40.8. The van der Waals surface area contributed by atoms with Crippen LogP contribution in [0.25, 0.3) is 0 Å². The highest BCUT2D eigenvalue weighted by Crippen LogP contribution is 2.32. The molecular weight excluding hydrogens is 348 g/mol. The Balaban J connectivity index is 2.26. The van der Waals surface area contributed by atoms with Crippen molar-refractivity contribution in [3.8, 4) is 11.5 Å². The lowest BCUT2D eigenvalue weighted by Gasteiger charge is -2.18. The molecule has 1 aliphatic rings. The third-order valence-electron chi connectivity index (χ3n) is 4.17. The van der Waals surface area contributed by atoms with E-state index in [4.69, 9.17) is 14.2 Å². The first-order chi connectivity index (χ1) is 12.4. The number of carbonyl (C=O) groups excluding carboxylic acids is 2. The minimum atomic E-state index is -1.93. The Morgan fingerprint density at radius 2 is 2.04 bits per heavy atom. The number of hydrogen-bond acceptors (Lipinski definition) is 5. The minimum absolute atomic E-state index is 0.00512. The number of amides is 1. The summed E-state index contributed by atoms with van der Waals surface area (Å²) in [4.78, 5) is 26.1. The van der Waals surface area contributed by atoms with Gasteiger partial charge in [0.2, 0.25) is 5.91 Å². The lowest BCUT2D eigenvalue weighted by molar-refractivity contribution is -0.153. The third kappa shape index (κ3) is 4.30. The molecule has 142 valence electrons. The number of esters is 1. The molecule has 8 heteroatoms. The molecule has 1 aromatic carbocycles. The molecule has 1 heterocycles. The normalized spacial score (nSPS) is 19.3. The van der Waals surface area contributed by atoms with Gasteiger partial charge in [-0.05, 0) is 25.1 Å². The van der Waals surface area contributed by atoms with Gasteiger partial charge in [0.25, 0.3) is 6.08 Å². The standard InChI is InChI=1S/C18H21F2NO5/c1-4-26-18(23)16-12(7-15(19)20)10-21(17(16)22)9-11-5-6-13(24-2)8-14(11)25-3/h5-8,12,16H,4,9-10H2,1-3H3. The smallest absolute Gasteiger partial charge is 0.319 e. The molecule has 1 saturated heterocycles. The van der Waals surface area contributed by atoms with Crippen LogP contribution in [-0.2, 0) is 20.9 Å². The maximum absolute atomic E-state index is 12.7. The van der Waals surface area contributed by atoms with Crippen LogP contribution in [0.5, 0.6) is 11.5 Å². The fourth-order valence-electron chi connectivity index (χ4n) is 2.98. The van der Waals surface area contributed by atoms with Crippen molar-refractivity contribution in [1.29, 1.82) is 0 Å². The Morgan fingerprint density at radius 3 is 2.62 bits per heavy atom. The molecule has 0 aliphatic carbocycles. The van der Waals surface area contributed by atoms with Crippen LogP contribution < -0.4 is 9.47 Å². The minimum Gasteiger partial charge on any atom is -0.497 e. The molecule has 2 rings (SSSR count). The molecule has 0 N–H and O–H groups in total. The van der Waals surface area contributed by atoms with Crippen molar-refractivity contribution in [2.45, 2.75) is 13.5 Å². The first-order valence-corrected chi connectivity index (χ1v) is 8.10. The van der Waals surface area contributed by atoms with E-state index < -0.39 is 29.8 Å². The van der Waals surface area contributed by atoms with Crippen LogP contribution >= 0.6 is 0 Å². The van der Waals surface area contributed by atoms with Gasteiger partial charge in [-0.3, -0.25) is 9.59 Å². The first-order valence-electron chi connectivity index (χ1n) is 8.10. The molecular formula is C18H21F2NO5. The molecule has 6 nitrogen and oxygen atoms in total. The highest BCUT2D eigenvalue weighted by atomic mass is 19.3. The Kier molecular flexibility index (Phi) is 6.54. The Hall–Kier alpha value is -2.64. The van der Waals surface area contributed by atoms with Crippen molar-refractivity contribution < 1.29 is 32.6 Å². The molecule has 1 amide bonds. The molecule has 0 saturated carbocycles. The number of carbonyl (C=O) groups is 2. The second-order valence-corrected chi connectivity index (χ2v) is 5.75. The quantitative estimate of drug-likeness (QED) is 0.546. The van der Waals surface area contributed by atoms with Crippen LogP contribution in [0.4, 0.5) is 8.78 Å². The fraction of sp³-hybridized carbons (Fsp3) is 0.444. The number of halogens is 2. The molecule has 1 aliphatic heterocycles. The van der Waals surface area contributed by atoms with E-state index in [9.17, 15) is 18.4 Å². The summed E-state index contributed by atoms with van der Waals surface area (Å²) in [5, 5.41) is 0. The summed E-state index contributed by atoms with van der Waals surface area (Å²) in [6, 6.07) is 5.10. The van der Waals surface area contributed by atoms with E-state index in [0.29, 0.717) is 23.1 Å². The van der Waals surface area contributed by atoms with Gasteiger partial charge in [-0.15, -0.1) is 0 Å². The van der Waals surface area contributed by atoms with Gasteiger partial charge in [0.05, 0.1) is 20.8 Å². The SMILES string of the molecule is CCOC(=O)C1C(=O)N(Cc2ccc(OC)cc2OC)CC1C=C(F)F. The number of methoxy groups -OCH3 is 2. The summed E-state index contributed by atoms with van der Waals surface area (Å²) in [5.74, 6) is -2.44. The van der Waals surface area contributed by atoms with Gasteiger partial charge in [0.15, 0.2) is 0 Å². The number of ether oxygens (including phenoxy) is 3. The summed E-state index contributed by atoms with van der Waals surface area (Å²) in [6.07, 6.45) is -1.29. The number of likely N-dealkylation sites (tertiary alicyclic amines) is 1. The van der Waals surface area contributed by atoms with E-state index in [0.717, 1.165) is 0 Å². The van der Waals surface area contributed by atoms with E-state index in [-0.39, 0.29) is 19.7 Å². The van der Waals surface area contributed by atoms with Crippen molar-refractivity contribution in [2.75, 3.05) is 27.4 Å². The summed E-state index contributed by atoms with van der Waals surface area (Å²) in [7, 11) is 3.00. The average molecular weight is 369 g/mol. The van der Waals surface area contributed by atoms with Crippen LogP contribution in [0.2, 0.25) is 0 Å². The summed E-state index contributed by atoms with van der Waals surface area (Å²) in [6.45, 7) is 1.79. The zero-order valence-electron chi connectivity index (χ0n) is 14.8. The van der Waals surface area contributed by atoms with Gasteiger partial charge < -0.3 is 19.1 Å². The van der Waals surface area contributed by atoms with Gasteiger partial charge in [-0.2, -0.15) is 8.78 Å². The van der Waals surface area contributed by atoms with Crippen molar-refractivity contribution in [3.05, 3.63) is 35.9 Å². The highest BCUT2D eigenvalue weighted by molar-refractivity contribution is 6.00. The molecule has 1 fully saturated rings. The zero-order valence-corrected chi connectivity index (χ0v) is 14.8. The summed E-state index contributed by atoms with van der Waals surface area (Å²) in [5.41, 5.74) is 0.676. The largest absolute Gasteiger partial charge is 0.497 e. The molecule has 0 spiro atoms. The van der Waals surface area contributed by atoms with Crippen molar-refractivity contribution >= 4 is 11.9 Å². The van der Waals surface area contributed by atoms with Crippen molar-refractivity contribution in [2.24, 2.45) is 11.8 Å². The van der Waals surface area contributed by atoms with Crippen LogP contribution in [0, 0.1) is 11.8 Å². The summed E-state index contributed by atoms with van der Waals surface area (Å²) >= 11 is 0. The van der Waals surface area contributed by atoms with Crippen LogP contribution in [0.1, 0.15) is 12.5 Å². The second-order valence-electron chi connectivity index (χ2n) is 5.75. The third-order valence-corrected chi connectivity index (χ3v) is 4.17. The monoisotopic (exact) mass is 369 g/mol. The van der Waals surface area contributed by atoms with E-state index in [2.05, 4.69) is 0 Å². The fourth-order valence-corrected chi connectivity index (χ4v) is 2.98. The predicted molar refractivity (Wildman–Crippen MR) is 88.9 cm³/mol. The van der Waals surface area contributed by atoms with E-state index in [1.807, 2.05) is 0 Å². The number of nitrogens with zero attached hydrogens (tertiary/aromatic N) is 1. The Labute approximate surface area is 150 Å².